The number of β-amino-alcohol motifs (C(OH)–C–C–N with tert-alkyl or cyclic N) is 1. The van der Waals surface area contributed by atoms with Crippen molar-refractivity contribution < 1.29 is 14.6 Å². The number of rotatable bonds is 0. The van der Waals surface area contributed by atoms with Crippen molar-refractivity contribution in [1.29, 1.82) is 0 Å². The van der Waals surface area contributed by atoms with Gasteiger partial charge in [0.05, 0.1) is 6.10 Å². The molecule has 18 heavy (non-hydrogen) atoms. The van der Waals surface area contributed by atoms with Crippen molar-refractivity contribution in [2.45, 2.75) is 45.3 Å². The molecule has 1 amide bonds. The van der Waals surface area contributed by atoms with E-state index in [1.165, 1.54) is 0 Å². The van der Waals surface area contributed by atoms with Crippen LogP contribution < -0.4 is 5.32 Å². The molecule has 2 fully saturated rings. The number of piperidine rings is 1. The van der Waals surface area contributed by atoms with Gasteiger partial charge in [0.25, 0.3) is 0 Å². The fourth-order valence-corrected chi connectivity index (χ4v) is 2.81. The van der Waals surface area contributed by atoms with Gasteiger partial charge < -0.3 is 20.1 Å². The van der Waals surface area contributed by atoms with Crippen LogP contribution in [-0.2, 0) is 4.74 Å². The highest BCUT2D eigenvalue weighted by molar-refractivity contribution is 5.68. The van der Waals surface area contributed by atoms with E-state index in [1.807, 2.05) is 20.8 Å². The predicted octanol–water partition coefficient (Wildman–Crippen LogP) is 0.968. The molecule has 0 saturated carbocycles. The zero-order valence-electron chi connectivity index (χ0n) is 11.5. The summed E-state index contributed by atoms with van der Waals surface area (Å²) in [4.78, 5) is 13.7. The number of ether oxygens (including phenoxy) is 1. The van der Waals surface area contributed by atoms with Crippen LogP contribution in [0.3, 0.4) is 0 Å². The Hall–Kier alpha value is -0.810. The van der Waals surface area contributed by atoms with Gasteiger partial charge in [-0.15, -0.1) is 0 Å². The van der Waals surface area contributed by atoms with Crippen LogP contribution in [-0.4, -0.2) is 54.0 Å². The first-order chi connectivity index (χ1) is 8.32. The van der Waals surface area contributed by atoms with Crippen molar-refractivity contribution in [2.75, 3.05) is 26.2 Å². The van der Waals surface area contributed by atoms with E-state index in [9.17, 15) is 9.90 Å². The van der Waals surface area contributed by atoms with Gasteiger partial charge in [0, 0.05) is 25.0 Å². The molecule has 0 radical (unpaired) electrons. The quantitative estimate of drug-likeness (QED) is 0.678. The molecule has 0 aliphatic carbocycles. The van der Waals surface area contributed by atoms with E-state index in [2.05, 4.69) is 5.32 Å². The van der Waals surface area contributed by atoms with Crippen molar-refractivity contribution in [3.8, 4) is 0 Å². The van der Waals surface area contributed by atoms with Gasteiger partial charge >= 0.3 is 6.09 Å². The molecule has 2 N–H and O–H groups in total. The van der Waals surface area contributed by atoms with Crippen molar-refractivity contribution >= 4 is 6.09 Å². The molecule has 2 unspecified atom stereocenters. The molecule has 2 rings (SSSR count). The Morgan fingerprint density at radius 3 is 2.78 bits per heavy atom. The molecule has 0 aromatic heterocycles. The average molecular weight is 256 g/mol. The Morgan fingerprint density at radius 1 is 1.44 bits per heavy atom. The fourth-order valence-electron chi connectivity index (χ4n) is 2.81. The van der Waals surface area contributed by atoms with Crippen molar-refractivity contribution in [3.63, 3.8) is 0 Å². The maximum Gasteiger partial charge on any atom is 0.410 e. The number of carbonyl (C=O) groups excluding carboxylic acids is 1. The number of nitrogens with one attached hydrogen (secondary N) is 1. The Kier molecular flexibility index (Phi) is 3.56. The highest BCUT2D eigenvalue weighted by atomic mass is 16.6. The molecule has 2 aliphatic rings. The third-order valence-corrected chi connectivity index (χ3v) is 3.88. The third-order valence-electron chi connectivity index (χ3n) is 3.88. The van der Waals surface area contributed by atoms with E-state index in [4.69, 9.17) is 4.74 Å². The molecule has 5 nitrogen and oxygen atoms in total. The zero-order chi connectivity index (χ0) is 13.4. The van der Waals surface area contributed by atoms with Gasteiger partial charge in [-0.2, -0.15) is 0 Å². The van der Waals surface area contributed by atoms with Crippen LogP contribution in [0.5, 0.6) is 0 Å². The first-order valence-corrected chi connectivity index (χ1v) is 6.69. The normalized spacial score (nSPS) is 32.9. The van der Waals surface area contributed by atoms with Crippen molar-refractivity contribution in [2.24, 2.45) is 5.41 Å². The third kappa shape index (κ3) is 2.78. The number of amides is 1. The molecule has 2 heterocycles. The SMILES string of the molecule is CC(C)(C)OC(=O)N1CCC2(CCNCC2O)C1. The minimum Gasteiger partial charge on any atom is -0.444 e. The van der Waals surface area contributed by atoms with Crippen LogP contribution in [0, 0.1) is 5.41 Å². The van der Waals surface area contributed by atoms with E-state index >= 15 is 0 Å². The maximum atomic E-state index is 12.0. The largest absolute Gasteiger partial charge is 0.444 e. The smallest absolute Gasteiger partial charge is 0.410 e. The topological polar surface area (TPSA) is 61.8 Å². The number of nitrogens with zero attached hydrogens (tertiary/aromatic N) is 1. The Labute approximate surface area is 108 Å². The van der Waals surface area contributed by atoms with E-state index < -0.39 is 5.60 Å². The van der Waals surface area contributed by atoms with Crippen LogP contribution in [0.1, 0.15) is 33.6 Å². The summed E-state index contributed by atoms with van der Waals surface area (Å²) in [6.07, 6.45) is 1.17. The second-order valence-corrected chi connectivity index (χ2v) is 6.48. The lowest BCUT2D eigenvalue weighted by atomic mass is 9.76. The second kappa shape index (κ2) is 4.70. The molecule has 2 saturated heterocycles. The van der Waals surface area contributed by atoms with Crippen LogP contribution in [0.4, 0.5) is 4.79 Å². The summed E-state index contributed by atoms with van der Waals surface area (Å²) in [6.45, 7) is 8.46. The Balaban J connectivity index is 1.97. The molecular weight excluding hydrogens is 232 g/mol. The molecule has 1 spiro atoms. The van der Waals surface area contributed by atoms with Gasteiger partial charge in [-0.25, -0.2) is 4.79 Å². The number of hydrogen-bond donors (Lipinski definition) is 2. The summed E-state index contributed by atoms with van der Waals surface area (Å²) in [7, 11) is 0. The van der Waals surface area contributed by atoms with Crippen molar-refractivity contribution in [1.82, 2.24) is 10.2 Å². The molecule has 5 heteroatoms. The van der Waals surface area contributed by atoms with Crippen LogP contribution in [0.2, 0.25) is 0 Å². The molecule has 0 aromatic rings. The number of aliphatic hydroxyl groups excluding tert-OH is 1. The number of hydrogen-bond acceptors (Lipinski definition) is 4. The monoisotopic (exact) mass is 256 g/mol. The minimum absolute atomic E-state index is 0.123. The summed E-state index contributed by atoms with van der Waals surface area (Å²) < 4.78 is 5.38. The number of likely N-dealkylation sites (tertiary alicyclic amines) is 1. The molecule has 104 valence electrons. The average Bonchev–Trinajstić information content (AvgIpc) is 2.66. The maximum absolute atomic E-state index is 12.0. The fraction of sp³-hybridized carbons (Fsp3) is 0.923. The van der Waals surface area contributed by atoms with Crippen LogP contribution in [0.25, 0.3) is 0 Å². The second-order valence-electron chi connectivity index (χ2n) is 6.48. The Morgan fingerprint density at radius 2 is 2.17 bits per heavy atom. The summed E-state index contributed by atoms with van der Waals surface area (Å²) in [5.74, 6) is 0. The minimum atomic E-state index is -0.459. The first-order valence-electron chi connectivity index (χ1n) is 6.69. The molecule has 2 aliphatic heterocycles. The molecule has 0 aromatic carbocycles. The number of carbonyl (C=O) groups is 1. The van der Waals surface area contributed by atoms with E-state index in [0.717, 1.165) is 19.4 Å². The summed E-state index contributed by atoms with van der Waals surface area (Å²) in [5.41, 5.74) is -0.582. The van der Waals surface area contributed by atoms with E-state index in [1.54, 1.807) is 4.90 Å². The van der Waals surface area contributed by atoms with Gasteiger partial charge in [-0.1, -0.05) is 0 Å². The highest BCUT2D eigenvalue weighted by Gasteiger charge is 2.47. The lowest BCUT2D eigenvalue weighted by Crippen LogP contribution is -2.50. The zero-order valence-corrected chi connectivity index (χ0v) is 11.5. The summed E-state index contributed by atoms with van der Waals surface area (Å²) >= 11 is 0. The Bertz CT molecular complexity index is 327. The van der Waals surface area contributed by atoms with Gasteiger partial charge in [-0.05, 0) is 40.2 Å². The van der Waals surface area contributed by atoms with Gasteiger partial charge in [-0.3, -0.25) is 0 Å². The lowest BCUT2D eigenvalue weighted by molar-refractivity contribution is -0.00237. The van der Waals surface area contributed by atoms with Gasteiger partial charge in [0.2, 0.25) is 0 Å². The number of aliphatic hydroxyl groups is 1. The molecule has 2 atom stereocenters. The van der Waals surface area contributed by atoms with Crippen LogP contribution >= 0.6 is 0 Å². The van der Waals surface area contributed by atoms with Gasteiger partial charge in [0.1, 0.15) is 5.60 Å². The van der Waals surface area contributed by atoms with E-state index in [-0.39, 0.29) is 17.6 Å². The van der Waals surface area contributed by atoms with E-state index in [0.29, 0.717) is 19.6 Å². The predicted molar refractivity (Wildman–Crippen MR) is 68.4 cm³/mol. The lowest BCUT2D eigenvalue weighted by Gasteiger charge is -2.38. The molecular formula is C13H24N2O3. The highest BCUT2D eigenvalue weighted by Crippen LogP contribution is 2.39. The summed E-state index contributed by atoms with van der Waals surface area (Å²) in [6, 6.07) is 0. The standard InChI is InChI=1S/C13H24N2O3/c1-12(2,3)18-11(17)15-7-5-13(9-15)4-6-14-8-10(13)16/h10,14,16H,4-9H2,1-3H3. The summed E-state index contributed by atoms with van der Waals surface area (Å²) in [5, 5.41) is 13.3. The van der Waals surface area contributed by atoms with Crippen LogP contribution in [0.15, 0.2) is 0 Å². The van der Waals surface area contributed by atoms with Gasteiger partial charge in [0.15, 0.2) is 0 Å². The molecule has 0 bridgehead atoms. The van der Waals surface area contributed by atoms with Crippen molar-refractivity contribution in [3.05, 3.63) is 0 Å². The first kappa shape index (κ1) is 13.6.